The van der Waals surface area contributed by atoms with Gasteiger partial charge in [0.05, 0.1) is 25.5 Å². The standard InChI is InChI=1S/C17H24N6O/c1-13-16(14-7-20-21-8-14)22(9-17(2)10-24-11-17)5-6-23(13)15-3-4-18-12-19-15/h3-4,7-8,12-13,16H,5-6,9-11H2,1-2H3,(H,20,21)/t13-,16+/m0/s1. The fraction of sp³-hybridized carbons (Fsp3) is 0.588. The first-order valence-corrected chi connectivity index (χ1v) is 8.49. The van der Waals surface area contributed by atoms with Crippen LogP contribution >= 0.6 is 0 Å². The highest BCUT2D eigenvalue weighted by atomic mass is 16.5. The number of hydrogen-bond acceptors (Lipinski definition) is 6. The second kappa shape index (κ2) is 6.14. The highest BCUT2D eigenvalue weighted by Gasteiger charge is 2.42. The number of ether oxygens (including phenoxy) is 1. The van der Waals surface area contributed by atoms with Gasteiger partial charge in [-0.1, -0.05) is 6.92 Å². The summed E-state index contributed by atoms with van der Waals surface area (Å²) in [6.07, 6.45) is 7.38. The van der Waals surface area contributed by atoms with Gasteiger partial charge >= 0.3 is 0 Å². The Hall–Kier alpha value is -1.99. The van der Waals surface area contributed by atoms with Crippen molar-refractivity contribution >= 4 is 5.82 Å². The van der Waals surface area contributed by atoms with Crippen molar-refractivity contribution in [3.8, 4) is 0 Å². The van der Waals surface area contributed by atoms with Crippen molar-refractivity contribution in [2.24, 2.45) is 5.41 Å². The van der Waals surface area contributed by atoms with Gasteiger partial charge in [0, 0.05) is 49.0 Å². The van der Waals surface area contributed by atoms with E-state index in [0.717, 1.165) is 38.7 Å². The van der Waals surface area contributed by atoms with Crippen LogP contribution in [0.3, 0.4) is 0 Å². The van der Waals surface area contributed by atoms with Gasteiger partial charge in [-0.05, 0) is 13.0 Å². The molecule has 7 heteroatoms. The highest BCUT2D eigenvalue weighted by molar-refractivity contribution is 5.40. The van der Waals surface area contributed by atoms with E-state index >= 15 is 0 Å². The van der Waals surface area contributed by atoms with Crippen LogP contribution in [0.5, 0.6) is 0 Å². The Labute approximate surface area is 142 Å². The number of anilines is 1. The van der Waals surface area contributed by atoms with Crippen molar-refractivity contribution in [3.05, 3.63) is 36.5 Å². The van der Waals surface area contributed by atoms with Crippen LogP contribution in [0, 0.1) is 5.41 Å². The lowest BCUT2D eigenvalue weighted by molar-refractivity contribution is -0.121. The van der Waals surface area contributed by atoms with Crippen molar-refractivity contribution in [2.75, 3.05) is 37.7 Å². The summed E-state index contributed by atoms with van der Waals surface area (Å²) in [5, 5.41) is 7.14. The quantitative estimate of drug-likeness (QED) is 0.917. The number of nitrogens with zero attached hydrogens (tertiary/aromatic N) is 5. The molecule has 7 nitrogen and oxygen atoms in total. The van der Waals surface area contributed by atoms with Crippen LogP contribution in [0.2, 0.25) is 0 Å². The minimum atomic E-state index is 0.263. The summed E-state index contributed by atoms with van der Waals surface area (Å²) in [5.74, 6) is 0.990. The smallest absolute Gasteiger partial charge is 0.132 e. The topological polar surface area (TPSA) is 70.2 Å². The molecule has 1 N–H and O–H groups in total. The molecule has 0 amide bonds. The second-order valence-electron chi connectivity index (χ2n) is 7.25. The first-order chi connectivity index (χ1) is 11.7. The van der Waals surface area contributed by atoms with E-state index in [0.29, 0.717) is 6.04 Å². The molecule has 0 aromatic carbocycles. The maximum Gasteiger partial charge on any atom is 0.132 e. The Morgan fingerprint density at radius 2 is 2.25 bits per heavy atom. The third kappa shape index (κ3) is 2.78. The zero-order chi connectivity index (χ0) is 16.6. The summed E-state index contributed by atoms with van der Waals surface area (Å²) >= 11 is 0. The summed E-state index contributed by atoms with van der Waals surface area (Å²) in [4.78, 5) is 13.4. The molecular formula is C17H24N6O. The number of hydrogen-bond donors (Lipinski definition) is 1. The Morgan fingerprint density at radius 1 is 1.38 bits per heavy atom. The average Bonchev–Trinajstić information content (AvgIpc) is 3.08. The number of aromatic nitrogens is 4. The first-order valence-electron chi connectivity index (χ1n) is 8.49. The number of nitrogens with one attached hydrogen (secondary N) is 1. The molecule has 0 radical (unpaired) electrons. The molecule has 2 aliphatic heterocycles. The van der Waals surface area contributed by atoms with Crippen LogP contribution < -0.4 is 4.90 Å². The van der Waals surface area contributed by atoms with Crippen molar-refractivity contribution in [3.63, 3.8) is 0 Å². The van der Waals surface area contributed by atoms with Crippen molar-refractivity contribution in [2.45, 2.75) is 25.9 Å². The second-order valence-corrected chi connectivity index (χ2v) is 7.25. The lowest BCUT2D eigenvalue weighted by Gasteiger charge is -2.50. The molecule has 0 saturated carbocycles. The summed E-state index contributed by atoms with van der Waals surface area (Å²) in [6.45, 7) is 9.29. The Balaban J connectivity index is 1.61. The maximum atomic E-state index is 5.45. The zero-order valence-corrected chi connectivity index (χ0v) is 14.2. The number of H-pyrrole nitrogens is 1. The molecule has 0 unspecified atom stereocenters. The van der Waals surface area contributed by atoms with E-state index in [4.69, 9.17) is 4.74 Å². The minimum absolute atomic E-state index is 0.263. The largest absolute Gasteiger partial charge is 0.380 e. The van der Waals surface area contributed by atoms with Crippen molar-refractivity contribution < 1.29 is 4.74 Å². The van der Waals surface area contributed by atoms with E-state index in [1.807, 2.05) is 18.5 Å². The lowest BCUT2D eigenvalue weighted by atomic mass is 9.86. The van der Waals surface area contributed by atoms with Gasteiger partial charge in [-0.2, -0.15) is 5.10 Å². The number of rotatable bonds is 4. The van der Waals surface area contributed by atoms with E-state index in [1.54, 1.807) is 12.5 Å². The van der Waals surface area contributed by atoms with E-state index in [-0.39, 0.29) is 11.5 Å². The molecule has 2 aromatic rings. The number of piperazine rings is 1. The first kappa shape index (κ1) is 15.5. The summed E-state index contributed by atoms with van der Waals surface area (Å²) < 4.78 is 5.45. The van der Waals surface area contributed by atoms with Gasteiger partial charge in [-0.3, -0.25) is 10.00 Å². The third-order valence-corrected chi connectivity index (χ3v) is 5.18. The van der Waals surface area contributed by atoms with E-state index < -0.39 is 0 Å². The molecule has 2 fully saturated rings. The van der Waals surface area contributed by atoms with Crippen molar-refractivity contribution in [1.29, 1.82) is 0 Å². The molecular weight excluding hydrogens is 304 g/mol. The highest BCUT2D eigenvalue weighted by Crippen LogP contribution is 2.37. The van der Waals surface area contributed by atoms with Crippen LogP contribution in [0.4, 0.5) is 5.82 Å². The van der Waals surface area contributed by atoms with Gasteiger partial charge in [-0.15, -0.1) is 0 Å². The molecule has 128 valence electrons. The van der Waals surface area contributed by atoms with Crippen LogP contribution in [-0.4, -0.2) is 64.0 Å². The third-order valence-electron chi connectivity index (χ3n) is 5.18. The predicted molar refractivity (Wildman–Crippen MR) is 90.7 cm³/mol. The molecule has 0 aliphatic carbocycles. The number of aromatic amines is 1. The average molecular weight is 328 g/mol. The molecule has 2 aromatic heterocycles. The Bertz CT molecular complexity index is 657. The van der Waals surface area contributed by atoms with Gasteiger partial charge in [0.25, 0.3) is 0 Å². The SMILES string of the molecule is C[C@H]1[C@H](c2cn[nH]c2)N(CC2(C)COC2)CCN1c1ccncn1. The van der Waals surface area contributed by atoms with Gasteiger partial charge in [0.2, 0.25) is 0 Å². The zero-order valence-electron chi connectivity index (χ0n) is 14.2. The summed E-state index contributed by atoms with van der Waals surface area (Å²) in [6, 6.07) is 2.57. The summed E-state index contributed by atoms with van der Waals surface area (Å²) in [7, 11) is 0. The fourth-order valence-corrected chi connectivity index (χ4v) is 3.95. The fourth-order valence-electron chi connectivity index (χ4n) is 3.95. The van der Waals surface area contributed by atoms with Crippen LogP contribution in [-0.2, 0) is 4.74 Å². The Kier molecular flexibility index (Phi) is 3.97. The van der Waals surface area contributed by atoms with E-state index in [1.165, 1.54) is 5.56 Å². The van der Waals surface area contributed by atoms with Gasteiger partial charge in [0.15, 0.2) is 0 Å². The molecule has 0 spiro atoms. The minimum Gasteiger partial charge on any atom is -0.380 e. The van der Waals surface area contributed by atoms with E-state index in [2.05, 4.69) is 43.8 Å². The lowest BCUT2D eigenvalue weighted by Crippen LogP contribution is -2.58. The normalized spacial score (nSPS) is 27.0. The predicted octanol–water partition coefficient (Wildman–Crippen LogP) is 1.49. The molecule has 24 heavy (non-hydrogen) atoms. The molecule has 2 aliphatic rings. The van der Waals surface area contributed by atoms with Crippen LogP contribution in [0.1, 0.15) is 25.5 Å². The molecule has 0 bridgehead atoms. The Morgan fingerprint density at radius 3 is 2.88 bits per heavy atom. The van der Waals surface area contributed by atoms with E-state index in [9.17, 15) is 0 Å². The van der Waals surface area contributed by atoms with Crippen molar-refractivity contribution in [1.82, 2.24) is 25.1 Å². The van der Waals surface area contributed by atoms with Gasteiger partial charge in [0.1, 0.15) is 12.1 Å². The molecule has 2 atom stereocenters. The van der Waals surface area contributed by atoms with Gasteiger partial charge in [-0.25, -0.2) is 9.97 Å². The van der Waals surface area contributed by atoms with Crippen LogP contribution in [0.25, 0.3) is 0 Å². The van der Waals surface area contributed by atoms with Gasteiger partial charge < -0.3 is 9.64 Å². The maximum absolute atomic E-state index is 5.45. The van der Waals surface area contributed by atoms with Crippen LogP contribution in [0.15, 0.2) is 31.0 Å². The summed E-state index contributed by atoms with van der Waals surface area (Å²) in [5.41, 5.74) is 1.49. The molecule has 4 rings (SSSR count). The molecule has 2 saturated heterocycles. The molecule has 4 heterocycles. The monoisotopic (exact) mass is 328 g/mol.